The number of fused-ring (bicyclic) bond motifs is 1. The van der Waals surface area contributed by atoms with Crippen molar-refractivity contribution in [3.05, 3.63) is 0 Å². The van der Waals surface area contributed by atoms with E-state index in [9.17, 15) is 9.59 Å². The summed E-state index contributed by atoms with van der Waals surface area (Å²) in [5, 5.41) is 11.4. The molecule has 2 amide bonds. The van der Waals surface area contributed by atoms with Crippen molar-refractivity contribution in [2.24, 2.45) is 5.92 Å². The Hall–Kier alpha value is -1.46. The number of likely N-dealkylation sites (tertiary alicyclic amines) is 1. The van der Waals surface area contributed by atoms with Gasteiger partial charge in [0.25, 0.3) is 0 Å². The van der Waals surface area contributed by atoms with E-state index in [2.05, 4.69) is 5.32 Å². The molecule has 2 heterocycles. The summed E-state index contributed by atoms with van der Waals surface area (Å²) in [5.74, 6) is 0.253. The molecule has 0 aliphatic carbocycles. The molecule has 2 atom stereocenters. The number of hydrogen-bond donors (Lipinski definition) is 2. The van der Waals surface area contributed by atoms with Gasteiger partial charge >= 0.3 is 12.2 Å². The zero-order chi connectivity index (χ0) is 10.1. The summed E-state index contributed by atoms with van der Waals surface area (Å²) in [7, 11) is 0. The number of hydrogen-bond acceptors (Lipinski definition) is 3. The van der Waals surface area contributed by atoms with Crippen LogP contribution in [0.2, 0.25) is 0 Å². The van der Waals surface area contributed by atoms with Gasteiger partial charge in [-0.3, -0.25) is 0 Å². The monoisotopic (exact) mass is 200 g/mol. The minimum atomic E-state index is -0.927. The highest BCUT2D eigenvalue weighted by atomic mass is 16.6. The van der Waals surface area contributed by atoms with Gasteiger partial charge in [0, 0.05) is 19.0 Å². The Balaban J connectivity index is 1.99. The van der Waals surface area contributed by atoms with Gasteiger partial charge in [0.05, 0.1) is 12.6 Å². The van der Waals surface area contributed by atoms with Gasteiger partial charge in [-0.25, -0.2) is 9.59 Å². The maximum absolute atomic E-state index is 10.9. The smallest absolute Gasteiger partial charge is 0.407 e. The number of rotatable bonds is 0. The van der Waals surface area contributed by atoms with Crippen LogP contribution in [-0.2, 0) is 4.74 Å². The van der Waals surface area contributed by atoms with Crippen molar-refractivity contribution in [2.75, 3.05) is 19.7 Å². The van der Waals surface area contributed by atoms with Gasteiger partial charge in [-0.2, -0.15) is 0 Å². The molecule has 2 fully saturated rings. The topological polar surface area (TPSA) is 78.9 Å². The number of cyclic esters (lactones) is 1. The molecule has 14 heavy (non-hydrogen) atoms. The van der Waals surface area contributed by atoms with Crippen LogP contribution in [0.4, 0.5) is 9.59 Å². The Morgan fingerprint density at radius 2 is 2.43 bits per heavy atom. The van der Waals surface area contributed by atoms with Gasteiger partial charge in [-0.05, 0) is 6.42 Å². The summed E-state index contributed by atoms with van der Waals surface area (Å²) in [6, 6.07) is -0.0823. The van der Waals surface area contributed by atoms with E-state index in [1.807, 2.05) is 0 Å². The number of alkyl carbamates (subject to hydrolysis) is 1. The van der Waals surface area contributed by atoms with E-state index in [0.29, 0.717) is 19.7 Å². The van der Waals surface area contributed by atoms with Crippen molar-refractivity contribution in [3.63, 3.8) is 0 Å². The quantitative estimate of drug-likeness (QED) is 0.581. The summed E-state index contributed by atoms with van der Waals surface area (Å²) in [4.78, 5) is 22.9. The molecule has 0 aromatic heterocycles. The molecule has 6 nitrogen and oxygen atoms in total. The van der Waals surface area contributed by atoms with Gasteiger partial charge < -0.3 is 20.1 Å². The van der Waals surface area contributed by atoms with Crippen LogP contribution in [0, 0.1) is 5.92 Å². The lowest BCUT2D eigenvalue weighted by atomic mass is 9.92. The first-order valence-electron chi connectivity index (χ1n) is 4.58. The van der Waals surface area contributed by atoms with E-state index in [-0.39, 0.29) is 12.0 Å². The van der Waals surface area contributed by atoms with E-state index in [1.165, 1.54) is 4.90 Å². The van der Waals surface area contributed by atoms with E-state index >= 15 is 0 Å². The van der Waals surface area contributed by atoms with E-state index < -0.39 is 12.2 Å². The van der Waals surface area contributed by atoms with E-state index in [1.54, 1.807) is 0 Å². The standard InChI is InChI=1S/C8H12N2O4/c11-7-9-6-3-10(8(12)13)2-1-5(6)4-14-7/h5-6H,1-4H2,(H,9,11)(H,12,13). The first-order chi connectivity index (χ1) is 6.66. The number of carbonyl (C=O) groups is 2. The van der Waals surface area contributed by atoms with Gasteiger partial charge in [0.1, 0.15) is 0 Å². The summed E-state index contributed by atoms with van der Waals surface area (Å²) in [6.45, 7) is 1.30. The molecule has 0 spiro atoms. The lowest BCUT2D eigenvalue weighted by Gasteiger charge is -2.39. The number of nitrogens with zero attached hydrogens (tertiary/aromatic N) is 1. The van der Waals surface area contributed by atoms with Gasteiger partial charge in [0.2, 0.25) is 0 Å². The van der Waals surface area contributed by atoms with Crippen LogP contribution in [0.1, 0.15) is 6.42 Å². The molecule has 0 aromatic carbocycles. The predicted octanol–water partition coefficient (Wildman–Crippen LogP) is 0.0947. The largest absolute Gasteiger partial charge is 0.465 e. The fourth-order valence-corrected chi connectivity index (χ4v) is 1.91. The number of piperidine rings is 1. The van der Waals surface area contributed by atoms with Crippen molar-refractivity contribution in [2.45, 2.75) is 12.5 Å². The predicted molar refractivity (Wildman–Crippen MR) is 46.0 cm³/mol. The Labute approximate surface area is 80.8 Å². The molecule has 0 saturated carbocycles. The SMILES string of the molecule is O=C1NC2CN(C(=O)O)CCC2CO1. The number of carbonyl (C=O) groups excluding carboxylic acids is 1. The summed E-state index contributed by atoms with van der Waals surface area (Å²) in [5.41, 5.74) is 0. The van der Waals surface area contributed by atoms with Crippen LogP contribution in [0.3, 0.4) is 0 Å². The van der Waals surface area contributed by atoms with Crippen LogP contribution in [0.25, 0.3) is 0 Å². The Kier molecular flexibility index (Phi) is 2.18. The molecule has 2 rings (SSSR count). The third kappa shape index (κ3) is 1.59. The van der Waals surface area contributed by atoms with Crippen molar-refractivity contribution in [1.29, 1.82) is 0 Å². The van der Waals surface area contributed by atoms with Gasteiger partial charge in [-0.1, -0.05) is 0 Å². The molecule has 0 aromatic rings. The Morgan fingerprint density at radius 1 is 1.64 bits per heavy atom. The molecule has 2 N–H and O–H groups in total. The normalized spacial score (nSPS) is 31.4. The van der Waals surface area contributed by atoms with Crippen molar-refractivity contribution in [3.8, 4) is 0 Å². The first kappa shape index (κ1) is 9.11. The number of amides is 2. The highest BCUT2D eigenvalue weighted by Gasteiger charge is 2.36. The average Bonchev–Trinajstić information content (AvgIpc) is 2.16. The summed E-state index contributed by atoms with van der Waals surface area (Å²) >= 11 is 0. The van der Waals surface area contributed by atoms with Crippen LogP contribution in [-0.4, -0.2) is 47.9 Å². The summed E-state index contributed by atoms with van der Waals surface area (Å²) < 4.78 is 4.83. The minimum absolute atomic E-state index is 0.0823. The highest BCUT2D eigenvalue weighted by Crippen LogP contribution is 2.21. The molecular formula is C8H12N2O4. The third-order valence-corrected chi connectivity index (χ3v) is 2.76. The minimum Gasteiger partial charge on any atom is -0.465 e. The molecule has 2 unspecified atom stereocenters. The first-order valence-corrected chi connectivity index (χ1v) is 4.58. The lowest BCUT2D eigenvalue weighted by Crippen LogP contribution is -2.58. The molecular weight excluding hydrogens is 188 g/mol. The number of ether oxygens (including phenoxy) is 1. The summed E-state index contributed by atoms with van der Waals surface area (Å²) in [6.07, 6.45) is -0.625. The highest BCUT2D eigenvalue weighted by molar-refractivity contribution is 5.69. The van der Waals surface area contributed by atoms with Gasteiger partial charge in [0.15, 0.2) is 0 Å². The molecule has 6 heteroatoms. The maximum atomic E-state index is 10.9. The molecule has 0 radical (unpaired) electrons. The van der Waals surface area contributed by atoms with Crippen LogP contribution >= 0.6 is 0 Å². The third-order valence-electron chi connectivity index (χ3n) is 2.76. The van der Waals surface area contributed by atoms with Crippen LogP contribution in [0.15, 0.2) is 0 Å². The van der Waals surface area contributed by atoms with Crippen LogP contribution < -0.4 is 5.32 Å². The fourth-order valence-electron chi connectivity index (χ4n) is 1.91. The van der Waals surface area contributed by atoms with Crippen LogP contribution in [0.5, 0.6) is 0 Å². The zero-order valence-corrected chi connectivity index (χ0v) is 7.60. The second kappa shape index (κ2) is 3.36. The molecule has 2 aliphatic heterocycles. The number of nitrogens with one attached hydrogen (secondary N) is 1. The zero-order valence-electron chi connectivity index (χ0n) is 7.60. The van der Waals surface area contributed by atoms with Crippen molar-refractivity contribution < 1.29 is 19.4 Å². The fraction of sp³-hybridized carbons (Fsp3) is 0.750. The Morgan fingerprint density at radius 3 is 3.14 bits per heavy atom. The van der Waals surface area contributed by atoms with Gasteiger partial charge in [-0.15, -0.1) is 0 Å². The average molecular weight is 200 g/mol. The molecule has 2 aliphatic rings. The second-order valence-electron chi connectivity index (χ2n) is 3.63. The lowest BCUT2D eigenvalue weighted by molar-refractivity contribution is 0.0401. The van der Waals surface area contributed by atoms with Crippen molar-refractivity contribution in [1.82, 2.24) is 10.2 Å². The van der Waals surface area contributed by atoms with E-state index in [0.717, 1.165) is 6.42 Å². The number of carboxylic acid groups (broad SMARTS) is 1. The second-order valence-corrected chi connectivity index (χ2v) is 3.63. The Bertz CT molecular complexity index is 266. The molecule has 2 saturated heterocycles. The van der Waals surface area contributed by atoms with Crippen molar-refractivity contribution >= 4 is 12.2 Å². The molecule has 78 valence electrons. The maximum Gasteiger partial charge on any atom is 0.407 e. The molecule has 0 bridgehead atoms. The van der Waals surface area contributed by atoms with E-state index in [4.69, 9.17) is 9.84 Å².